The Morgan fingerprint density at radius 1 is 1.06 bits per heavy atom. The lowest BCUT2D eigenvalue weighted by Gasteiger charge is -2.18. The van der Waals surface area contributed by atoms with Crippen LogP contribution in [0.3, 0.4) is 0 Å². The van der Waals surface area contributed by atoms with Crippen LogP contribution in [0.15, 0.2) is 36.5 Å². The van der Waals surface area contributed by atoms with Crippen LogP contribution < -0.4 is 23.5 Å². The topological polar surface area (TPSA) is 44.0 Å². The van der Waals surface area contributed by atoms with Gasteiger partial charge >= 0.3 is 0 Å². The first-order chi connectivity index (χ1) is 15.8. The number of ether oxygens (including phenoxy) is 4. The van der Waals surface area contributed by atoms with Gasteiger partial charge in [-0.2, -0.15) is 4.57 Å². The number of likely N-dealkylation sites (tertiary alicyclic amines) is 1. The van der Waals surface area contributed by atoms with Crippen molar-refractivity contribution in [3.8, 4) is 34.3 Å². The highest BCUT2D eigenvalue weighted by Gasteiger charge is 2.28. The first-order valence-electron chi connectivity index (χ1n) is 11.6. The van der Waals surface area contributed by atoms with Gasteiger partial charge in [-0.05, 0) is 67.6 Å². The second-order valence-corrected chi connectivity index (χ2v) is 8.82. The maximum absolute atomic E-state index is 6.32. The molecule has 0 N–H and O–H groups in total. The first kappa shape index (κ1) is 19.7. The summed E-state index contributed by atoms with van der Waals surface area (Å²) in [6.07, 6.45) is 6.86. The highest BCUT2D eigenvalue weighted by Crippen LogP contribution is 2.41. The Morgan fingerprint density at radius 2 is 1.91 bits per heavy atom. The van der Waals surface area contributed by atoms with Crippen LogP contribution in [0.2, 0.25) is 0 Å². The van der Waals surface area contributed by atoms with E-state index in [-0.39, 0.29) is 0 Å². The molecule has 0 atom stereocenters. The molecular weight excluding hydrogens is 404 g/mol. The predicted octanol–water partition coefficient (Wildman–Crippen LogP) is 3.95. The van der Waals surface area contributed by atoms with E-state index in [1.807, 2.05) is 6.07 Å². The lowest BCUT2D eigenvalue weighted by Crippen LogP contribution is -2.40. The zero-order valence-corrected chi connectivity index (χ0v) is 18.6. The number of aromatic nitrogens is 1. The number of hydrogen-bond donors (Lipinski definition) is 0. The van der Waals surface area contributed by atoms with Crippen LogP contribution in [0.1, 0.15) is 24.8 Å². The molecule has 32 heavy (non-hydrogen) atoms. The number of pyridine rings is 1. The first-order valence-corrected chi connectivity index (χ1v) is 11.6. The van der Waals surface area contributed by atoms with E-state index in [2.05, 4.69) is 39.9 Å². The van der Waals surface area contributed by atoms with Gasteiger partial charge < -0.3 is 23.8 Å². The zero-order chi connectivity index (χ0) is 21.5. The summed E-state index contributed by atoms with van der Waals surface area (Å²) in [5, 5.41) is 2.25. The number of benzene rings is 2. The highest BCUT2D eigenvalue weighted by atomic mass is 16.7. The van der Waals surface area contributed by atoms with Crippen LogP contribution in [0, 0.1) is 0 Å². The van der Waals surface area contributed by atoms with Crippen LogP contribution in [0.5, 0.6) is 23.0 Å². The molecule has 166 valence electrons. The molecule has 0 saturated carbocycles. The van der Waals surface area contributed by atoms with E-state index >= 15 is 0 Å². The largest absolute Gasteiger partial charge is 0.493 e. The molecule has 1 aromatic heterocycles. The molecule has 0 radical (unpaired) electrons. The van der Waals surface area contributed by atoms with E-state index in [4.69, 9.17) is 18.9 Å². The summed E-state index contributed by atoms with van der Waals surface area (Å²) in [4.78, 5) is 2.53. The Kier molecular flexibility index (Phi) is 5.02. The van der Waals surface area contributed by atoms with Crippen molar-refractivity contribution in [3.63, 3.8) is 0 Å². The lowest BCUT2D eigenvalue weighted by atomic mass is 9.95. The molecule has 0 bridgehead atoms. The Hall–Kier alpha value is -2.99. The van der Waals surface area contributed by atoms with Gasteiger partial charge in [-0.1, -0.05) is 0 Å². The van der Waals surface area contributed by atoms with Gasteiger partial charge in [-0.15, -0.1) is 0 Å². The quantitative estimate of drug-likeness (QED) is 0.435. The summed E-state index contributed by atoms with van der Waals surface area (Å²) in [6, 6.07) is 10.6. The number of nitrogens with zero attached hydrogens (tertiary/aromatic N) is 2. The molecule has 6 nitrogen and oxygen atoms in total. The van der Waals surface area contributed by atoms with Crippen molar-refractivity contribution in [2.45, 2.75) is 32.2 Å². The zero-order valence-electron chi connectivity index (χ0n) is 18.6. The molecular formula is C26H29N2O4+. The minimum atomic E-state index is 0.300. The average molecular weight is 434 g/mol. The third kappa shape index (κ3) is 3.43. The molecule has 0 aliphatic carbocycles. The second-order valence-electron chi connectivity index (χ2n) is 8.82. The van der Waals surface area contributed by atoms with Crippen molar-refractivity contribution < 1.29 is 23.5 Å². The van der Waals surface area contributed by atoms with E-state index in [1.165, 1.54) is 42.8 Å². The minimum absolute atomic E-state index is 0.300. The summed E-state index contributed by atoms with van der Waals surface area (Å²) in [6.45, 7) is 5.46. The van der Waals surface area contributed by atoms with Gasteiger partial charge in [-0.25, -0.2) is 0 Å². The van der Waals surface area contributed by atoms with Crippen molar-refractivity contribution in [2.75, 3.05) is 40.1 Å². The number of rotatable bonds is 6. The molecule has 0 unspecified atom stereocenters. The Bertz CT molecular complexity index is 1170. The summed E-state index contributed by atoms with van der Waals surface area (Å²) in [5.74, 6) is 3.32. The van der Waals surface area contributed by atoms with Gasteiger partial charge in [0.15, 0.2) is 35.7 Å². The maximum Gasteiger partial charge on any atom is 0.231 e. The van der Waals surface area contributed by atoms with Crippen LogP contribution in [-0.2, 0) is 13.0 Å². The Labute approximate surface area is 188 Å². The van der Waals surface area contributed by atoms with Gasteiger partial charge in [0.2, 0.25) is 12.5 Å². The monoisotopic (exact) mass is 433 g/mol. The van der Waals surface area contributed by atoms with E-state index < -0.39 is 0 Å². The molecule has 2 aromatic carbocycles. The van der Waals surface area contributed by atoms with E-state index in [9.17, 15) is 0 Å². The molecule has 3 aliphatic rings. The van der Waals surface area contributed by atoms with Crippen molar-refractivity contribution in [1.29, 1.82) is 0 Å². The van der Waals surface area contributed by atoms with Gasteiger partial charge in [0.25, 0.3) is 0 Å². The fourth-order valence-corrected chi connectivity index (χ4v) is 5.18. The van der Waals surface area contributed by atoms with Gasteiger partial charge in [-0.3, -0.25) is 0 Å². The number of methoxy groups -OCH3 is 1. The Morgan fingerprint density at radius 3 is 2.75 bits per heavy atom. The lowest BCUT2D eigenvalue weighted by molar-refractivity contribution is -0.686. The van der Waals surface area contributed by atoms with E-state index in [0.717, 1.165) is 59.7 Å². The van der Waals surface area contributed by atoms with E-state index in [0.29, 0.717) is 13.4 Å². The second kappa shape index (κ2) is 8.17. The highest BCUT2D eigenvalue weighted by molar-refractivity contribution is 5.91. The van der Waals surface area contributed by atoms with Crippen LogP contribution in [-0.4, -0.2) is 45.0 Å². The SMILES string of the molecule is COc1ccc2cc3[n+](cc2c1OCCCN1CCCC1)CCc1cc2c(cc1-3)OCO2. The standard InChI is InChI=1S/C26H29N2O4/c1-29-23-6-5-18-13-22-20-15-25-24(31-17-32-25)14-19(20)7-11-28(22)16-21(18)26(23)30-12-4-10-27-8-2-3-9-27/h5-6,13-16H,2-4,7-12,17H2,1H3/q+1. The predicted molar refractivity (Wildman–Crippen MR) is 122 cm³/mol. The summed E-state index contributed by atoms with van der Waals surface area (Å²) in [5.41, 5.74) is 3.72. The molecule has 3 aliphatic heterocycles. The molecule has 6 heteroatoms. The Balaban J connectivity index is 1.33. The fraction of sp³-hybridized carbons (Fsp3) is 0.423. The number of fused-ring (bicyclic) bond motifs is 5. The van der Waals surface area contributed by atoms with Crippen molar-refractivity contribution >= 4 is 10.8 Å². The van der Waals surface area contributed by atoms with Crippen molar-refractivity contribution in [3.05, 3.63) is 42.1 Å². The smallest absolute Gasteiger partial charge is 0.231 e. The number of hydrogen-bond acceptors (Lipinski definition) is 5. The van der Waals surface area contributed by atoms with Gasteiger partial charge in [0.05, 0.1) is 24.7 Å². The molecule has 3 aromatic rings. The summed E-state index contributed by atoms with van der Waals surface area (Å²) < 4.78 is 25.5. The molecule has 1 fully saturated rings. The van der Waals surface area contributed by atoms with Gasteiger partial charge in [0.1, 0.15) is 0 Å². The third-order valence-corrected chi connectivity index (χ3v) is 6.86. The normalized spacial score (nSPS) is 16.8. The van der Waals surface area contributed by atoms with Crippen molar-refractivity contribution in [1.82, 2.24) is 4.90 Å². The molecule has 0 amide bonds. The molecule has 1 saturated heterocycles. The molecule has 6 rings (SSSR count). The third-order valence-electron chi connectivity index (χ3n) is 6.86. The van der Waals surface area contributed by atoms with E-state index in [1.54, 1.807) is 7.11 Å². The average Bonchev–Trinajstić information content (AvgIpc) is 3.51. The molecule has 4 heterocycles. The van der Waals surface area contributed by atoms with Crippen LogP contribution >= 0.6 is 0 Å². The minimum Gasteiger partial charge on any atom is -0.493 e. The molecule has 0 spiro atoms. The summed E-state index contributed by atoms with van der Waals surface area (Å²) in [7, 11) is 1.71. The van der Waals surface area contributed by atoms with Gasteiger partial charge in [0, 0.05) is 19.0 Å². The fourth-order valence-electron chi connectivity index (χ4n) is 5.18. The van der Waals surface area contributed by atoms with Crippen molar-refractivity contribution in [2.24, 2.45) is 0 Å². The number of aryl methyl sites for hydroxylation is 2. The maximum atomic E-state index is 6.32. The van der Waals surface area contributed by atoms with Crippen LogP contribution in [0.4, 0.5) is 0 Å². The summed E-state index contributed by atoms with van der Waals surface area (Å²) >= 11 is 0. The van der Waals surface area contributed by atoms with Crippen LogP contribution in [0.25, 0.3) is 22.0 Å².